The summed E-state index contributed by atoms with van der Waals surface area (Å²) in [6.45, 7) is 4.97. The molecule has 0 atom stereocenters. The largest absolute Gasteiger partial charge is 0.378 e. The molecule has 0 unspecified atom stereocenters. The Labute approximate surface area is 111 Å². The van der Waals surface area contributed by atoms with Crippen LogP contribution >= 0.6 is 0 Å². The maximum absolute atomic E-state index is 4.32. The summed E-state index contributed by atoms with van der Waals surface area (Å²) in [6.07, 6.45) is 7.73. The van der Waals surface area contributed by atoms with E-state index < -0.39 is 0 Å². The molecular weight excluding hydrogens is 238 g/mol. The average Bonchev–Trinajstić information content (AvgIpc) is 3.03. The molecule has 0 aliphatic heterocycles. The van der Waals surface area contributed by atoms with Crippen LogP contribution in [0, 0.1) is 0 Å². The molecule has 19 heavy (non-hydrogen) atoms. The fourth-order valence-electron chi connectivity index (χ4n) is 2.03. The van der Waals surface area contributed by atoms with E-state index >= 15 is 0 Å². The van der Waals surface area contributed by atoms with E-state index in [2.05, 4.69) is 35.4 Å². The molecule has 0 aliphatic carbocycles. The van der Waals surface area contributed by atoms with Crippen LogP contribution in [0.15, 0.2) is 43.0 Å². The van der Waals surface area contributed by atoms with E-state index in [0.29, 0.717) is 6.04 Å². The molecule has 3 heterocycles. The first-order valence-corrected chi connectivity index (χ1v) is 6.43. The Bertz CT molecular complexity index is 680. The highest BCUT2D eigenvalue weighted by Gasteiger charge is 2.04. The molecule has 1 N–H and O–H groups in total. The molecule has 0 radical (unpaired) electrons. The summed E-state index contributed by atoms with van der Waals surface area (Å²) in [7, 11) is 0. The molecule has 0 saturated carbocycles. The van der Waals surface area contributed by atoms with E-state index in [-0.39, 0.29) is 0 Å². The Morgan fingerprint density at radius 2 is 2.11 bits per heavy atom. The predicted octanol–water partition coefficient (Wildman–Crippen LogP) is 2.72. The van der Waals surface area contributed by atoms with E-state index in [1.54, 1.807) is 0 Å². The molecule has 0 saturated heterocycles. The number of rotatable bonds is 4. The number of nitrogens with one attached hydrogen (secondary N) is 1. The summed E-state index contributed by atoms with van der Waals surface area (Å²) >= 11 is 0. The van der Waals surface area contributed by atoms with Gasteiger partial charge in [0.2, 0.25) is 0 Å². The second-order valence-electron chi connectivity index (χ2n) is 4.86. The summed E-state index contributed by atoms with van der Waals surface area (Å²) in [4.78, 5) is 0. The number of pyridine rings is 1. The van der Waals surface area contributed by atoms with Crippen LogP contribution < -0.4 is 5.32 Å². The second-order valence-corrected chi connectivity index (χ2v) is 4.86. The molecule has 5 heteroatoms. The van der Waals surface area contributed by atoms with Crippen molar-refractivity contribution in [1.29, 1.82) is 0 Å². The smallest absolute Gasteiger partial charge is 0.0729 e. The third-order valence-electron chi connectivity index (χ3n) is 3.12. The zero-order chi connectivity index (χ0) is 13.2. The molecule has 0 bridgehead atoms. The van der Waals surface area contributed by atoms with Gasteiger partial charge < -0.3 is 5.32 Å². The Hall–Kier alpha value is -2.30. The third-order valence-corrected chi connectivity index (χ3v) is 3.12. The van der Waals surface area contributed by atoms with Gasteiger partial charge in [-0.25, -0.2) is 4.52 Å². The van der Waals surface area contributed by atoms with Crippen LogP contribution in [0.1, 0.15) is 25.5 Å². The van der Waals surface area contributed by atoms with Crippen molar-refractivity contribution >= 4 is 11.2 Å². The standard InChI is InChI=1S/C14H17N5/c1-11(2)19-10-13(9-17-19)15-7-12-8-16-18-6-4-3-5-14(12)18/h3-6,8-11,15H,7H2,1-2H3. The van der Waals surface area contributed by atoms with Crippen LogP contribution in [0.25, 0.3) is 5.52 Å². The zero-order valence-corrected chi connectivity index (χ0v) is 11.1. The fraction of sp³-hybridized carbons (Fsp3) is 0.286. The highest BCUT2D eigenvalue weighted by molar-refractivity contribution is 5.55. The van der Waals surface area contributed by atoms with Crippen molar-refractivity contribution in [2.75, 3.05) is 5.32 Å². The van der Waals surface area contributed by atoms with Gasteiger partial charge in [-0.1, -0.05) is 6.07 Å². The Morgan fingerprint density at radius 1 is 1.21 bits per heavy atom. The maximum atomic E-state index is 4.32. The predicted molar refractivity (Wildman–Crippen MR) is 75.1 cm³/mol. The lowest BCUT2D eigenvalue weighted by molar-refractivity contribution is 0.532. The lowest BCUT2D eigenvalue weighted by Gasteiger charge is -2.04. The van der Waals surface area contributed by atoms with Crippen LogP contribution in [0.4, 0.5) is 5.69 Å². The van der Waals surface area contributed by atoms with E-state index in [1.165, 1.54) is 5.56 Å². The van der Waals surface area contributed by atoms with Gasteiger partial charge in [0, 0.05) is 30.5 Å². The van der Waals surface area contributed by atoms with E-state index in [4.69, 9.17) is 0 Å². The Balaban J connectivity index is 1.75. The quantitative estimate of drug-likeness (QED) is 0.779. The third kappa shape index (κ3) is 2.31. The molecule has 0 aromatic carbocycles. The SMILES string of the molecule is CC(C)n1cc(NCc2cnn3ccccc23)cn1. The van der Waals surface area contributed by atoms with Crippen LogP contribution in [-0.4, -0.2) is 19.4 Å². The minimum atomic E-state index is 0.382. The molecule has 3 aromatic rings. The van der Waals surface area contributed by atoms with Crippen molar-refractivity contribution in [1.82, 2.24) is 19.4 Å². The summed E-state index contributed by atoms with van der Waals surface area (Å²) < 4.78 is 3.83. The number of anilines is 1. The number of aromatic nitrogens is 4. The number of hydrogen-bond donors (Lipinski definition) is 1. The van der Waals surface area contributed by atoms with Crippen LogP contribution in [0.5, 0.6) is 0 Å². The molecule has 0 fully saturated rings. The van der Waals surface area contributed by atoms with Crippen LogP contribution in [-0.2, 0) is 6.54 Å². The zero-order valence-electron chi connectivity index (χ0n) is 11.1. The van der Waals surface area contributed by atoms with Gasteiger partial charge in [0.05, 0.1) is 23.6 Å². The van der Waals surface area contributed by atoms with Gasteiger partial charge >= 0.3 is 0 Å². The van der Waals surface area contributed by atoms with E-state index in [0.717, 1.165) is 17.7 Å². The second kappa shape index (κ2) is 4.76. The lowest BCUT2D eigenvalue weighted by Crippen LogP contribution is -2.01. The van der Waals surface area contributed by atoms with Crippen molar-refractivity contribution in [3.63, 3.8) is 0 Å². The van der Waals surface area contributed by atoms with E-state index in [1.807, 2.05) is 46.1 Å². The van der Waals surface area contributed by atoms with Gasteiger partial charge in [-0.05, 0) is 26.0 Å². The summed E-state index contributed by atoms with van der Waals surface area (Å²) in [5.41, 5.74) is 3.34. The van der Waals surface area contributed by atoms with Gasteiger partial charge in [-0.3, -0.25) is 4.68 Å². The summed E-state index contributed by atoms with van der Waals surface area (Å²) in [5, 5.41) is 12.0. The van der Waals surface area contributed by atoms with Crippen molar-refractivity contribution < 1.29 is 0 Å². The monoisotopic (exact) mass is 255 g/mol. The molecule has 5 nitrogen and oxygen atoms in total. The molecular formula is C14H17N5. The minimum absolute atomic E-state index is 0.382. The van der Waals surface area contributed by atoms with Gasteiger partial charge in [-0.15, -0.1) is 0 Å². The van der Waals surface area contributed by atoms with Crippen molar-refractivity contribution in [3.8, 4) is 0 Å². The highest BCUT2D eigenvalue weighted by Crippen LogP contribution is 2.14. The van der Waals surface area contributed by atoms with Crippen molar-refractivity contribution in [2.45, 2.75) is 26.4 Å². The van der Waals surface area contributed by atoms with Gasteiger partial charge in [0.15, 0.2) is 0 Å². The number of hydrogen-bond acceptors (Lipinski definition) is 3. The van der Waals surface area contributed by atoms with Gasteiger partial charge in [0.25, 0.3) is 0 Å². The summed E-state index contributed by atoms with van der Waals surface area (Å²) in [5.74, 6) is 0. The molecule has 3 aromatic heterocycles. The van der Waals surface area contributed by atoms with Gasteiger partial charge in [-0.2, -0.15) is 10.2 Å². The normalized spacial score (nSPS) is 11.3. The Morgan fingerprint density at radius 3 is 2.89 bits per heavy atom. The molecule has 0 amide bonds. The lowest BCUT2D eigenvalue weighted by atomic mass is 10.2. The molecule has 98 valence electrons. The highest BCUT2D eigenvalue weighted by atomic mass is 15.3. The fourth-order valence-corrected chi connectivity index (χ4v) is 2.03. The molecule has 0 aliphatic rings. The number of fused-ring (bicyclic) bond motifs is 1. The average molecular weight is 255 g/mol. The summed E-state index contributed by atoms with van der Waals surface area (Å²) in [6, 6.07) is 6.45. The molecule has 3 rings (SSSR count). The van der Waals surface area contributed by atoms with E-state index in [9.17, 15) is 0 Å². The Kier molecular flexibility index (Phi) is 2.95. The first kappa shape index (κ1) is 11.8. The van der Waals surface area contributed by atoms with Crippen LogP contribution in [0.3, 0.4) is 0 Å². The number of nitrogens with zero attached hydrogens (tertiary/aromatic N) is 4. The first-order chi connectivity index (χ1) is 9.24. The minimum Gasteiger partial charge on any atom is -0.378 e. The maximum Gasteiger partial charge on any atom is 0.0729 e. The van der Waals surface area contributed by atoms with Crippen molar-refractivity contribution in [2.24, 2.45) is 0 Å². The first-order valence-electron chi connectivity index (χ1n) is 6.43. The van der Waals surface area contributed by atoms with Crippen molar-refractivity contribution in [3.05, 3.63) is 48.5 Å². The van der Waals surface area contributed by atoms with Crippen LogP contribution in [0.2, 0.25) is 0 Å². The van der Waals surface area contributed by atoms with Gasteiger partial charge in [0.1, 0.15) is 0 Å². The topological polar surface area (TPSA) is 47.2 Å². The molecule has 0 spiro atoms.